The maximum Gasteiger partial charge on any atom is 0.489 e. The van der Waals surface area contributed by atoms with E-state index in [1.807, 2.05) is 19.2 Å². The molecule has 1 aromatic heterocycles. The quantitative estimate of drug-likeness (QED) is 0.540. The zero-order chi connectivity index (χ0) is 9.42. The lowest BCUT2D eigenvalue weighted by Crippen LogP contribution is -2.30. The summed E-state index contributed by atoms with van der Waals surface area (Å²) in [4.78, 5) is 3.06. The molecule has 4 heteroatoms. The SMILES string of the molecule is Cc1c[nH]c2cccc(B(O)O)c12. The third kappa shape index (κ3) is 1.24. The lowest BCUT2D eigenvalue weighted by atomic mass is 9.77. The van der Waals surface area contributed by atoms with E-state index in [0.717, 1.165) is 16.5 Å². The highest BCUT2D eigenvalue weighted by atomic mass is 16.4. The number of H-pyrrole nitrogens is 1. The fourth-order valence-electron chi connectivity index (χ4n) is 1.60. The van der Waals surface area contributed by atoms with Gasteiger partial charge in [0.25, 0.3) is 0 Å². The van der Waals surface area contributed by atoms with E-state index >= 15 is 0 Å². The van der Waals surface area contributed by atoms with Crippen molar-refractivity contribution >= 4 is 23.5 Å². The van der Waals surface area contributed by atoms with Crippen molar-refractivity contribution in [3.63, 3.8) is 0 Å². The molecule has 2 rings (SSSR count). The molecule has 13 heavy (non-hydrogen) atoms. The highest BCUT2D eigenvalue weighted by molar-refractivity contribution is 6.62. The van der Waals surface area contributed by atoms with Gasteiger partial charge in [0.05, 0.1) is 0 Å². The Balaban J connectivity index is 2.80. The minimum atomic E-state index is -1.40. The fourth-order valence-corrected chi connectivity index (χ4v) is 1.60. The topological polar surface area (TPSA) is 56.2 Å². The second kappa shape index (κ2) is 2.90. The summed E-state index contributed by atoms with van der Waals surface area (Å²) in [6.07, 6.45) is 1.86. The van der Waals surface area contributed by atoms with E-state index in [4.69, 9.17) is 10.0 Å². The largest absolute Gasteiger partial charge is 0.489 e. The average Bonchev–Trinajstić information content (AvgIpc) is 2.48. The lowest BCUT2D eigenvalue weighted by Gasteiger charge is -2.01. The Morgan fingerprint density at radius 3 is 2.77 bits per heavy atom. The van der Waals surface area contributed by atoms with Crippen LogP contribution in [0.4, 0.5) is 0 Å². The average molecular weight is 175 g/mol. The Bertz CT molecular complexity index is 436. The van der Waals surface area contributed by atoms with Crippen LogP contribution in [0.5, 0.6) is 0 Å². The summed E-state index contributed by atoms with van der Waals surface area (Å²) in [5.41, 5.74) is 2.51. The third-order valence-electron chi connectivity index (χ3n) is 2.21. The molecule has 0 aliphatic heterocycles. The number of aromatic nitrogens is 1. The summed E-state index contributed by atoms with van der Waals surface area (Å²) >= 11 is 0. The summed E-state index contributed by atoms with van der Waals surface area (Å²) in [6.45, 7) is 1.94. The van der Waals surface area contributed by atoms with Gasteiger partial charge in [-0.15, -0.1) is 0 Å². The van der Waals surface area contributed by atoms with Gasteiger partial charge >= 0.3 is 7.12 Å². The molecule has 3 N–H and O–H groups in total. The van der Waals surface area contributed by atoms with Crippen LogP contribution in [0.25, 0.3) is 10.9 Å². The number of hydrogen-bond donors (Lipinski definition) is 3. The minimum absolute atomic E-state index is 0.552. The molecule has 0 aliphatic carbocycles. The molecular formula is C9H10BNO2. The number of aryl methyl sites for hydroxylation is 1. The van der Waals surface area contributed by atoms with Crippen molar-refractivity contribution in [3.05, 3.63) is 30.0 Å². The Morgan fingerprint density at radius 2 is 2.08 bits per heavy atom. The van der Waals surface area contributed by atoms with Gasteiger partial charge in [0.1, 0.15) is 0 Å². The number of aromatic amines is 1. The van der Waals surface area contributed by atoms with Gasteiger partial charge in [0, 0.05) is 17.1 Å². The highest BCUT2D eigenvalue weighted by Crippen LogP contribution is 2.14. The van der Waals surface area contributed by atoms with E-state index in [1.54, 1.807) is 12.1 Å². The zero-order valence-corrected chi connectivity index (χ0v) is 7.28. The van der Waals surface area contributed by atoms with Crippen LogP contribution in [0.15, 0.2) is 24.4 Å². The summed E-state index contributed by atoms with van der Waals surface area (Å²) in [5, 5.41) is 19.1. The first-order valence-corrected chi connectivity index (χ1v) is 4.13. The van der Waals surface area contributed by atoms with Gasteiger partial charge in [0.2, 0.25) is 0 Å². The summed E-state index contributed by atoms with van der Waals surface area (Å²) in [5.74, 6) is 0. The Kier molecular flexibility index (Phi) is 1.86. The molecule has 66 valence electrons. The van der Waals surface area contributed by atoms with Crippen molar-refractivity contribution < 1.29 is 10.0 Å². The number of hydrogen-bond acceptors (Lipinski definition) is 2. The van der Waals surface area contributed by atoms with Crippen LogP contribution in [-0.2, 0) is 0 Å². The number of benzene rings is 1. The summed E-state index contributed by atoms with van der Waals surface area (Å²) in [6, 6.07) is 5.43. The fraction of sp³-hybridized carbons (Fsp3) is 0.111. The summed E-state index contributed by atoms with van der Waals surface area (Å²) < 4.78 is 0. The molecule has 0 saturated heterocycles. The lowest BCUT2D eigenvalue weighted by molar-refractivity contribution is 0.426. The van der Waals surface area contributed by atoms with Crippen molar-refractivity contribution in [2.24, 2.45) is 0 Å². The molecule has 1 heterocycles. The molecule has 0 radical (unpaired) electrons. The first kappa shape index (κ1) is 8.35. The van der Waals surface area contributed by atoms with E-state index in [-0.39, 0.29) is 0 Å². The van der Waals surface area contributed by atoms with Crippen molar-refractivity contribution in [2.45, 2.75) is 6.92 Å². The number of nitrogens with one attached hydrogen (secondary N) is 1. The molecule has 0 amide bonds. The number of rotatable bonds is 1. The predicted molar refractivity (Wildman–Crippen MR) is 52.9 cm³/mol. The van der Waals surface area contributed by atoms with Crippen LogP contribution in [0.3, 0.4) is 0 Å². The summed E-state index contributed by atoms with van der Waals surface area (Å²) in [7, 11) is -1.40. The normalized spacial score (nSPS) is 10.7. The van der Waals surface area contributed by atoms with E-state index in [0.29, 0.717) is 5.46 Å². The van der Waals surface area contributed by atoms with Gasteiger partial charge in [-0.2, -0.15) is 0 Å². The molecule has 2 aromatic rings. The Morgan fingerprint density at radius 1 is 1.31 bits per heavy atom. The van der Waals surface area contributed by atoms with E-state index < -0.39 is 7.12 Å². The van der Waals surface area contributed by atoms with Crippen molar-refractivity contribution in [3.8, 4) is 0 Å². The van der Waals surface area contributed by atoms with E-state index in [9.17, 15) is 0 Å². The zero-order valence-electron chi connectivity index (χ0n) is 7.28. The van der Waals surface area contributed by atoms with Crippen LogP contribution >= 0.6 is 0 Å². The standard InChI is InChI=1S/C9H10BNO2/c1-6-5-11-8-4-2-3-7(9(6)8)10(12)13/h2-5,11-13H,1H3. The van der Waals surface area contributed by atoms with Gasteiger partial charge in [-0.1, -0.05) is 12.1 Å². The molecule has 0 fully saturated rings. The van der Waals surface area contributed by atoms with Gasteiger partial charge in [0.15, 0.2) is 0 Å². The molecule has 0 saturated carbocycles. The van der Waals surface area contributed by atoms with Crippen LogP contribution in [-0.4, -0.2) is 22.2 Å². The van der Waals surface area contributed by atoms with E-state index in [1.165, 1.54) is 0 Å². The van der Waals surface area contributed by atoms with Gasteiger partial charge in [-0.3, -0.25) is 0 Å². The van der Waals surface area contributed by atoms with Gasteiger partial charge in [-0.25, -0.2) is 0 Å². The molecule has 1 aromatic carbocycles. The Hall–Kier alpha value is -1.26. The predicted octanol–water partition coefficient (Wildman–Crippen LogP) is 0.156. The minimum Gasteiger partial charge on any atom is -0.423 e. The molecule has 0 bridgehead atoms. The number of fused-ring (bicyclic) bond motifs is 1. The monoisotopic (exact) mass is 175 g/mol. The van der Waals surface area contributed by atoms with Crippen LogP contribution < -0.4 is 5.46 Å². The molecule has 0 atom stereocenters. The molecule has 0 spiro atoms. The molecule has 0 unspecified atom stereocenters. The maximum atomic E-state index is 9.11. The van der Waals surface area contributed by atoms with Crippen molar-refractivity contribution in [1.29, 1.82) is 0 Å². The Labute approximate surface area is 76.2 Å². The second-order valence-electron chi connectivity index (χ2n) is 3.12. The highest BCUT2D eigenvalue weighted by Gasteiger charge is 2.15. The van der Waals surface area contributed by atoms with Gasteiger partial charge in [-0.05, 0) is 24.0 Å². The van der Waals surface area contributed by atoms with E-state index in [2.05, 4.69) is 4.98 Å². The first-order chi connectivity index (χ1) is 6.20. The van der Waals surface area contributed by atoms with Crippen LogP contribution in [0.1, 0.15) is 5.56 Å². The molecule has 3 nitrogen and oxygen atoms in total. The third-order valence-corrected chi connectivity index (χ3v) is 2.21. The molecular weight excluding hydrogens is 165 g/mol. The van der Waals surface area contributed by atoms with Crippen LogP contribution in [0, 0.1) is 6.92 Å². The maximum absolute atomic E-state index is 9.11. The van der Waals surface area contributed by atoms with Gasteiger partial charge < -0.3 is 15.0 Å². The first-order valence-electron chi connectivity index (χ1n) is 4.13. The van der Waals surface area contributed by atoms with Crippen molar-refractivity contribution in [1.82, 2.24) is 4.98 Å². The molecule has 0 aliphatic rings. The second-order valence-corrected chi connectivity index (χ2v) is 3.12. The smallest absolute Gasteiger partial charge is 0.423 e. The van der Waals surface area contributed by atoms with Crippen molar-refractivity contribution in [2.75, 3.05) is 0 Å². The van der Waals surface area contributed by atoms with Crippen LogP contribution in [0.2, 0.25) is 0 Å².